The van der Waals surface area contributed by atoms with Crippen LogP contribution in [0.25, 0.3) is 0 Å². The van der Waals surface area contributed by atoms with Crippen molar-refractivity contribution in [1.82, 2.24) is 10.2 Å². The molecule has 0 aliphatic heterocycles. The number of anilines is 1. The topological polar surface area (TPSA) is 86.8 Å². The third kappa shape index (κ3) is 7.61. The van der Waals surface area contributed by atoms with E-state index < -0.39 is 28.5 Å². The number of carbonyl (C=O) groups is 2. The summed E-state index contributed by atoms with van der Waals surface area (Å²) in [7, 11) is -4.17. The van der Waals surface area contributed by atoms with Gasteiger partial charge in [-0.1, -0.05) is 73.3 Å². The smallest absolute Gasteiger partial charge is 0.264 e. The minimum absolute atomic E-state index is 0.000113. The van der Waals surface area contributed by atoms with Gasteiger partial charge in [0.2, 0.25) is 11.8 Å². The first kappa shape index (κ1) is 30.9. The number of rotatable bonds is 11. The fourth-order valence-corrected chi connectivity index (χ4v) is 6.87. The summed E-state index contributed by atoms with van der Waals surface area (Å²) in [6, 6.07) is 19.2. The van der Waals surface area contributed by atoms with Crippen molar-refractivity contribution < 1.29 is 18.0 Å². The van der Waals surface area contributed by atoms with Gasteiger partial charge in [0, 0.05) is 22.6 Å². The lowest BCUT2D eigenvalue weighted by Crippen LogP contribution is -2.53. The maximum atomic E-state index is 14.2. The lowest BCUT2D eigenvalue weighted by molar-refractivity contribution is -0.140. The second-order valence-corrected chi connectivity index (χ2v) is 13.0. The Morgan fingerprint density at radius 3 is 2.29 bits per heavy atom. The van der Waals surface area contributed by atoms with Crippen molar-refractivity contribution in [2.24, 2.45) is 0 Å². The van der Waals surface area contributed by atoms with Gasteiger partial charge in [-0.25, -0.2) is 8.42 Å². The first-order chi connectivity index (χ1) is 19.6. The summed E-state index contributed by atoms with van der Waals surface area (Å²) in [6.07, 6.45) is 4.27. The first-order valence-electron chi connectivity index (χ1n) is 13.8. The molecule has 0 saturated heterocycles. The van der Waals surface area contributed by atoms with E-state index in [1.807, 2.05) is 26.0 Å². The Morgan fingerprint density at radius 1 is 0.976 bits per heavy atom. The van der Waals surface area contributed by atoms with Crippen LogP contribution in [0.2, 0.25) is 10.0 Å². The highest BCUT2D eigenvalue weighted by atomic mass is 35.5. The van der Waals surface area contributed by atoms with Crippen LogP contribution in [0.15, 0.2) is 77.7 Å². The molecule has 0 unspecified atom stereocenters. The molecular formula is C31H35Cl2N3O4S. The van der Waals surface area contributed by atoms with Crippen molar-refractivity contribution in [3.8, 4) is 0 Å². The number of halogens is 2. The molecule has 1 N–H and O–H groups in total. The fourth-order valence-electron chi connectivity index (χ4n) is 5.14. The van der Waals surface area contributed by atoms with Crippen LogP contribution >= 0.6 is 23.2 Å². The van der Waals surface area contributed by atoms with Crippen LogP contribution in [0.5, 0.6) is 0 Å². The number of carbonyl (C=O) groups excluding carboxylic acids is 2. The zero-order valence-electron chi connectivity index (χ0n) is 23.2. The number of hydrogen-bond donors (Lipinski definition) is 1. The van der Waals surface area contributed by atoms with E-state index in [4.69, 9.17) is 23.2 Å². The average molecular weight is 617 g/mol. The Labute approximate surface area is 252 Å². The van der Waals surface area contributed by atoms with Gasteiger partial charge in [-0.15, -0.1) is 0 Å². The minimum Gasteiger partial charge on any atom is -0.352 e. The Balaban J connectivity index is 1.72. The molecule has 218 valence electrons. The lowest BCUT2D eigenvalue weighted by Gasteiger charge is -2.34. The number of nitrogens with one attached hydrogen (secondary N) is 1. The number of hydrogen-bond acceptors (Lipinski definition) is 4. The summed E-state index contributed by atoms with van der Waals surface area (Å²) in [6.45, 7) is 3.24. The molecule has 3 aromatic rings. The third-order valence-electron chi connectivity index (χ3n) is 7.36. The van der Waals surface area contributed by atoms with Gasteiger partial charge in [-0.2, -0.15) is 0 Å². The van der Waals surface area contributed by atoms with E-state index in [1.54, 1.807) is 36.4 Å². The monoisotopic (exact) mass is 615 g/mol. The van der Waals surface area contributed by atoms with Crippen molar-refractivity contribution in [1.29, 1.82) is 0 Å². The van der Waals surface area contributed by atoms with Gasteiger partial charge >= 0.3 is 0 Å². The number of sulfonamides is 1. The van der Waals surface area contributed by atoms with Crippen LogP contribution in [0.1, 0.15) is 50.2 Å². The lowest BCUT2D eigenvalue weighted by atomic mass is 10.1. The van der Waals surface area contributed by atoms with E-state index in [0.717, 1.165) is 35.6 Å². The molecule has 1 fully saturated rings. The van der Waals surface area contributed by atoms with Gasteiger partial charge in [-0.3, -0.25) is 13.9 Å². The molecule has 0 radical (unpaired) electrons. The molecule has 1 saturated carbocycles. The van der Waals surface area contributed by atoms with Crippen LogP contribution in [-0.2, 0) is 26.2 Å². The Morgan fingerprint density at radius 2 is 1.66 bits per heavy atom. The molecule has 2 amide bonds. The highest BCUT2D eigenvalue weighted by Gasteiger charge is 2.34. The van der Waals surface area contributed by atoms with E-state index in [2.05, 4.69) is 5.32 Å². The van der Waals surface area contributed by atoms with Gasteiger partial charge in [0.05, 0.1) is 10.6 Å². The molecule has 10 heteroatoms. The normalized spacial score (nSPS) is 14.4. The summed E-state index contributed by atoms with van der Waals surface area (Å²) in [5.74, 6) is -0.764. The average Bonchev–Trinajstić information content (AvgIpc) is 3.45. The Hall–Kier alpha value is -3.07. The van der Waals surface area contributed by atoms with Gasteiger partial charge in [0.15, 0.2) is 0 Å². The molecule has 0 bridgehead atoms. The standard InChI is InChI=1S/C31H35Cl2N3O4S/c1-3-29(31(38)34-25-11-5-6-12-25)35(20-23-10-4-7-14-28(23)33)30(37)21-36(26-13-8-9-22(2)19-26)41(39,40)27-17-15-24(32)16-18-27/h4,7-10,13-19,25,29H,3,5-6,11-12,20-21H2,1-2H3,(H,34,38)/t29-/m0/s1. The molecule has 1 atom stereocenters. The van der Waals surface area contributed by atoms with Crippen LogP contribution in [0.3, 0.4) is 0 Å². The van der Waals surface area contributed by atoms with Gasteiger partial charge in [0.1, 0.15) is 12.6 Å². The molecule has 0 heterocycles. The van der Waals surface area contributed by atoms with E-state index in [9.17, 15) is 18.0 Å². The van der Waals surface area contributed by atoms with Crippen molar-refractivity contribution in [2.75, 3.05) is 10.8 Å². The molecule has 41 heavy (non-hydrogen) atoms. The summed E-state index contributed by atoms with van der Waals surface area (Å²) in [4.78, 5) is 29.1. The van der Waals surface area contributed by atoms with Crippen LogP contribution in [-0.4, -0.2) is 43.8 Å². The van der Waals surface area contributed by atoms with Crippen LogP contribution in [0.4, 0.5) is 5.69 Å². The predicted molar refractivity (Wildman–Crippen MR) is 164 cm³/mol. The second kappa shape index (κ2) is 13.7. The van der Waals surface area contributed by atoms with Crippen molar-refractivity contribution in [3.05, 3.63) is 94.0 Å². The molecule has 1 aliphatic carbocycles. The summed E-state index contributed by atoms with van der Waals surface area (Å²) < 4.78 is 29.0. The highest BCUT2D eigenvalue weighted by Crippen LogP contribution is 2.27. The SMILES string of the molecule is CC[C@@H](C(=O)NC1CCCC1)N(Cc1ccccc1Cl)C(=O)CN(c1cccc(C)c1)S(=O)(=O)c1ccc(Cl)cc1. The molecular weight excluding hydrogens is 581 g/mol. The van der Waals surface area contributed by atoms with Gasteiger partial charge < -0.3 is 10.2 Å². The van der Waals surface area contributed by atoms with Gasteiger partial charge in [-0.05, 0) is 79.8 Å². The molecule has 0 spiro atoms. The number of nitrogens with zero attached hydrogens (tertiary/aromatic N) is 2. The number of amides is 2. The minimum atomic E-state index is -4.17. The molecule has 7 nitrogen and oxygen atoms in total. The van der Waals surface area contributed by atoms with Crippen molar-refractivity contribution >= 4 is 50.7 Å². The van der Waals surface area contributed by atoms with Gasteiger partial charge in [0.25, 0.3) is 10.0 Å². The zero-order valence-corrected chi connectivity index (χ0v) is 25.6. The largest absolute Gasteiger partial charge is 0.352 e. The second-order valence-electron chi connectivity index (χ2n) is 10.3. The molecule has 0 aromatic heterocycles. The Bertz CT molecular complexity index is 1470. The van der Waals surface area contributed by atoms with Crippen molar-refractivity contribution in [2.45, 2.75) is 69.5 Å². The highest BCUT2D eigenvalue weighted by molar-refractivity contribution is 7.92. The van der Waals surface area contributed by atoms with E-state index in [0.29, 0.717) is 27.7 Å². The number of aryl methyl sites for hydroxylation is 1. The quantitative estimate of drug-likeness (QED) is 0.272. The molecule has 4 rings (SSSR count). The maximum absolute atomic E-state index is 14.2. The van der Waals surface area contributed by atoms with E-state index in [-0.39, 0.29) is 23.4 Å². The molecule has 1 aliphatic rings. The maximum Gasteiger partial charge on any atom is 0.264 e. The Kier molecular flexibility index (Phi) is 10.3. The number of benzene rings is 3. The summed E-state index contributed by atoms with van der Waals surface area (Å²) in [5, 5.41) is 3.96. The third-order valence-corrected chi connectivity index (χ3v) is 9.76. The fraction of sp³-hybridized carbons (Fsp3) is 0.355. The van der Waals surface area contributed by atoms with E-state index in [1.165, 1.54) is 29.2 Å². The molecule has 3 aromatic carbocycles. The van der Waals surface area contributed by atoms with Crippen LogP contribution < -0.4 is 9.62 Å². The van der Waals surface area contributed by atoms with Crippen LogP contribution in [0, 0.1) is 6.92 Å². The zero-order chi connectivity index (χ0) is 29.6. The van der Waals surface area contributed by atoms with Crippen molar-refractivity contribution in [3.63, 3.8) is 0 Å². The summed E-state index contributed by atoms with van der Waals surface area (Å²) >= 11 is 12.5. The van der Waals surface area contributed by atoms with E-state index >= 15 is 0 Å². The summed E-state index contributed by atoms with van der Waals surface area (Å²) in [5.41, 5.74) is 1.84. The first-order valence-corrected chi connectivity index (χ1v) is 16.0. The predicted octanol–water partition coefficient (Wildman–Crippen LogP) is 6.36.